The molecule has 0 saturated carbocycles. The fourth-order valence-corrected chi connectivity index (χ4v) is 3.77. The molecule has 3 rings (SSSR count). The molecule has 2 aromatic carbocycles. The van der Waals surface area contributed by atoms with Gasteiger partial charge in [0.1, 0.15) is 31.0 Å². The minimum absolute atomic E-state index is 0.00196. The van der Waals surface area contributed by atoms with Gasteiger partial charge in [-0.2, -0.15) is 0 Å². The SMILES string of the molecule is CCCCC(CC)C(=O)OCCOc1ccc(-c2ncnc(-c3ccc(C)cc3C)n2)c(O)c1. The molecular weight excluding hydrogens is 430 g/mol. The first-order chi connectivity index (χ1) is 16.4. The van der Waals surface area contributed by atoms with Crippen molar-refractivity contribution < 1.29 is 19.4 Å². The van der Waals surface area contributed by atoms with Crippen LogP contribution in [-0.2, 0) is 9.53 Å². The van der Waals surface area contributed by atoms with Gasteiger partial charge in [-0.25, -0.2) is 15.0 Å². The zero-order valence-electron chi connectivity index (χ0n) is 20.4. The molecule has 1 atom stereocenters. The van der Waals surface area contributed by atoms with Crippen LogP contribution in [0.25, 0.3) is 22.8 Å². The monoisotopic (exact) mass is 463 g/mol. The maximum absolute atomic E-state index is 12.2. The van der Waals surface area contributed by atoms with Gasteiger partial charge in [-0.1, -0.05) is 50.5 Å². The Bertz CT molecular complexity index is 1120. The highest BCUT2D eigenvalue weighted by Crippen LogP contribution is 2.31. The number of carbonyl (C=O) groups is 1. The third-order valence-electron chi connectivity index (χ3n) is 5.73. The van der Waals surface area contributed by atoms with Crippen molar-refractivity contribution in [1.29, 1.82) is 0 Å². The van der Waals surface area contributed by atoms with E-state index in [-0.39, 0.29) is 30.9 Å². The highest BCUT2D eigenvalue weighted by atomic mass is 16.6. The molecule has 1 N–H and O–H groups in total. The van der Waals surface area contributed by atoms with Gasteiger partial charge in [0.05, 0.1) is 11.5 Å². The van der Waals surface area contributed by atoms with E-state index in [9.17, 15) is 9.90 Å². The van der Waals surface area contributed by atoms with Gasteiger partial charge < -0.3 is 14.6 Å². The number of phenolic OH excluding ortho intramolecular Hbond substituents is 1. The Morgan fingerprint density at radius 2 is 1.74 bits per heavy atom. The van der Waals surface area contributed by atoms with Crippen molar-refractivity contribution in [2.75, 3.05) is 13.2 Å². The number of aromatic nitrogens is 3. The molecule has 0 amide bonds. The van der Waals surface area contributed by atoms with E-state index in [0.717, 1.165) is 36.8 Å². The molecule has 1 aromatic heterocycles. The van der Waals surface area contributed by atoms with Gasteiger partial charge in [-0.05, 0) is 44.4 Å². The van der Waals surface area contributed by atoms with Crippen LogP contribution in [0, 0.1) is 19.8 Å². The molecule has 0 saturated heterocycles. The molecule has 1 unspecified atom stereocenters. The van der Waals surface area contributed by atoms with Crippen LogP contribution < -0.4 is 4.74 Å². The molecule has 0 aliphatic rings. The Morgan fingerprint density at radius 3 is 2.41 bits per heavy atom. The highest BCUT2D eigenvalue weighted by Gasteiger charge is 2.17. The van der Waals surface area contributed by atoms with E-state index in [1.54, 1.807) is 12.1 Å². The van der Waals surface area contributed by atoms with Crippen molar-refractivity contribution in [2.45, 2.75) is 53.4 Å². The second-order valence-corrected chi connectivity index (χ2v) is 8.39. The number of hydrogen-bond acceptors (Lipinski definition) is 7. The van der Waals surface area contributed by atoms with Crippen LogP contribution in [0.3, 0.4) is 0 Å². The van der Waals surface area contributed by atoms with E-state index in [1.165, 1.54) is 18.0 Å². The Morgan fingerprint density at radius 1 is 1.00 bits per heavy atom. The van der Waals surface area contributed by atoms with Crippen LogP contribution >= 0.6 is 0 Å². The third kappa shape index (κ3) is 6.53. The quantitative estimate of drug-likeness (QED) is 0.289. The van der Waals surface area contributed by atoms with Crippen molar-refractivity contribution in [3.8, 4) is 34.3 Å². The molecule has 180 valence electrons. The molecule has 0 spiro atoms. The summed E-state index contributed by atoms with van der Waals surface area (Å²) in [7, 11) is 0. The lowest BCUT2D eigenvalue weighted by atomic mass is 10.00. The van der Waals surface area contributed by atoms with Gasteiger partial charge in [0.2, 0.25) is 0 Å². The number of carbonyl (C=O) groups excluding carboxylic acids is 1. The van der Waals surface area contributed by atoms with Crippen molar-refractivity contribution >= 4 is 5.97 Å². The Labute approximate surface area is 201 Å². The molecule has 0 aliphatic carbocycles. The summed E-state index contributed by atoms with van der Waals surface area (Å²) in [5.74, 6) is 1.16. The summed E-state index contributed by atoms with van der Waals surface area (Å²) in [5, 5.41) is 10.6. The van der Waals surface area contributed by atoms with Crippen molar-refractivity contribution in [1.82, 2.24) is 15.0 Å². The average molecular weight is 464 g/mol. The van der Waals surface area contributed by atoms with E-state index in [4.69, 9.17) is 9.47 Å². The van der Waals surface area contributed by atoms with Crippen LogP contribution in [0.15, 0.2) is 42.7 Å². The topological polar surface area (TPSA) is 94.4 Å². The van der Waals surface area contributed by atoms with E-state index in [1.807, 2.05) is 32.9 Å². The van der Waals surface area contributed by atoms with Crippen molar-refractivity contribution in [2.24, 2.45) is 5.92 Å². The lowest BCUT2D eigenvalue weighted by Gasteiger charge is -2.14. The summed E-state index contributed by atoms with van der Waals surface area (Å²) in [4.78, 5) is 25.3. The van der Waals surface area contributed by atoms with Gasteiger partial charge in [-0.3, -0.25) is 4.79 Å². The Kier molecular flexibility index (Phi) is 8.96. The first-order valence-electron chi connectivity index (χ1n) is 11.8. The second kappa shape index (κ2) is 12.1. The summed E-state index contributed by atoms with van der Waals surface area (Å²) in [6, 6.07) is 11.0. The Balaban J connectivity index is 1.62. The summed E-state index contributed by atoms with van der Waals surface area (Å²) in [6.07, 6.45) is 5.15. The first-order valence-corrected chi connectivity index (χ1v) is 11.8. The summed E-state index contributed by atoms with van der Waals surface area (Å²) < 4.78 is 11.0. The van der Waals surface area contributed by atoms with Gasteiger partial charge in [0.25, 0.3) is 0 Å². The molecule has 34 heavy (non-hydrogen) atoms. The number of benzene rings is 2. The smallest absolute Gasteiger partial charge is 0.309 e. The van der Waals surface area contributed by atoms with Gasteiger partial charge in [0.15, 0.2) is 11.6 Å². The number of unbranched alkanes of at least 4 members (excludes halogenated alkanes) is 1. The fraction of sp³-hybridized carbons (Fsp3) is 0.407. The van der Waals surface area contributed by atoms with E-state index < -0.39 is 0 Å². The number of ether oxygens (including phenoxy) is 2. The third-order valence-corrected chi connectivity index (χ3v) is 5.73. The summed E-state index contributed by atoms with van der Waals surface area (Å²) in [6.45, 7) is 8.53. The molecular formula is C27H33N3O4. The van der Waals surface area contributed by atoms with E-state index in [2.05, 4.69) is 27.9 Å². The fourth-order valence-electron chi connectivity index (χ4n) is 3.77. The highest BCUT2D eigenvalue weighted by molar-refractivity contribution is 5.72. The lowest BCUT2D eigenvalue weighted by molar-refractivity contribution is -0.149. The zero-order chi connectivity index (χ0) is 24.5. The number of nitrogens with zero attached hydrogens (tertiary/aromatic N) is 3. The zero-order valence-corrected chi connectivity index (χ0v) is 20.4. The maximum atomic E-state index is 12.2. The van der Waals surface area contributed by atoms with Crippen LogP contribution in [0.1, 0.15) is 50.7 Å². The predicted octanol–water partition coefficient (Wildman–Crippen LogP) is 5.67. The van der Waals surface area contributed by atoms with Crippen LogP contribution in [0.5, 0.6) is 11.5 Å². The van der Waals surface area contributed by atoms with E-state index in [0.29, 0.717) is 23.0 Å². The van der Waals surface area contributed by atoms with E-state index >= 15 is 0 Å². The standard InChI is InChI=1S/C27H33N3O4/c1-5-7-8-20(6-2)27(32)34-14-13-33-21-10-12-23(24(31)16-21)26-29-17-28-25(30-26)22-11-9-18(3)15-19(22)4/h9-12,15-17,20,31H,5-8,13-14H2,1-4H3. The first kappa shape index (κ1) is 25.1. The minimum atomic E-state index is -0.174. The van der Waals surface area contributed by atoms with Crippen LogP contribution in [0.2, 0.25) is 0 Å². The number of esters is 1. The summed E-state index contributed by atoms with van der Waals surface area (Å²) >= 11 is 0. The number of phenols is 1. The Hall–Kier alpha value is -3.48. The normalized spacial score (nSPS) is 11.8. The second-order valence-electron chi connectivity index (χ2n) is 8.39. The number of rotatable bonds is 11. The van der Waals surface area contributed by atoms with Gasteiger partial charge in [0, 0.05) is 11.6 Å². The summed E-state index contributed by atoms with van der Waals surface area (Å²) in [5.41, 5.74) is 3.64. The average Bonchev–Trinajstić information content (AvgIpc) is 2.82. The largest absolute Gasteiger partial charge is 0.507 e. The number of aryl methyl sites for hydroxylation is 2. The molecule has 0 radical (unpaired) electrons. The van der Waals surface area contributed by atoms with Gasteiger partial charge in [-0.15, -0.1) is 0 Å². The van der Waals surface area contributed by atoms with Crippen LogP contribution in [-0.4, -0.2) is 39.2 Å². The van der Waals surface area contributed by atoms with Gasteiger partial charge >= 0.3 is 5.97 Å². The van der Waals surface area contributed by atoms with Crippen molar-refractivity contribution in [3.63, 3.8) is 0 Å². The molecule has 7 heteroatoms. The minimum Gasteiger partial charge on any atom is -0.507 e. The molecule has 0 bridgehead atoms. The molecule has 1 heterocycles. The van der Waals surface area contributed by atoms with Crippen molar-refractivity contribution in [3.05, 3.63) is 53.9 Å². The molecule has 7 nitrogen and oxygen atoms in total. The predicted molar refractivity (Wildman–Crippen MR) is 132 cm³/mol. The van der Waals surface area contributed by atoms with Crippen LogP contribution in [0.4, 0.5) is 0 Å². The lowest BCUT2D eigenvalue weighted by Crippen LogP contribution is -2.20. The number of aromatic hydroxyl groups is 1. The molecule has 0 aliphatic heterocycles. The maximum Gasteiger partial charge on any atom is 0.309 e. The molecule has 0 fully saturated rings. The molecule has 3 aromatic rings. The number of hydrogen-bond donors (Lipinski definition) is 1.